The Morgan fingerprint density at radius 3 is 2.62 bits per heavy atom. The van der Waals surface area contributed by atoms with Crippen molar-refractivity contribution in [2.75, 3.05) is 18.0 Å². The van der Waals surface area contributed by atoms with Crippen molar-refractivity contribution in [1.82, 2.24) is 24.6 Å². The first-order valence-electron chi connectivity index (χ1n) is 13.0. The number of benzene rings is 1. The number of anilines is 1. The van der Waals surface area contributed by atoms with Gasteiger partial charge in [-0.2, -0.15) is 0 Å². The van der Waals surface area contributed by atoms with E-state index in [9.17, 15) is 9.18 Å². The minimum absolute atomic E-state index is 0.00790. The molecule has 1 atom stereocenters. The van der Waals surface area contributed by atoms with Gasteiger partial charge in [0.25, 0.3) is 0 Å². The van der Waals surface area contributed by atoms with Crippen LogP contribution in [0.5, 0.6) is 0 Å². The minimum atomic E-state index is -0.319. The Kier molecular flexibility index (Phi) is 5.22. The predicted molar refractivity (Wildman–Crippen MR) is 135 cm³/mol. The lowest BCUT2D eigenvalue weighted by Crippen LogP contribution is -2.62. The molecular formula is C27H28ClFN6O2. The maximum absolute atomic E-state index is 13.2. The number of nitrogens with zero attached hydrogens (tertiary/aromatic N) is 6. The number of halogens is 2. The van der Waals surface area contributed by atoms with Gasteiger partial charge in [0.1, 0.15) is 23.6 Å². The van der Waals surface area contributed by atoms with Crippen molar-refractivity contribution in [3.63, 3.8) is 0 Å². The molecule has 1 saturated heterocycles. The van der Waals surface area contributed by atoms with Crippen LogP contribution in [0.25, 0.3) is 5.69 Å². The van der Waals surface area contributed by atoms with Crippen molar-refractivity contribution in [1.29, 1.82) is 0 Å². The zero-order valence-electron chi connectivity index (χ0n) is 20.6. The smallest absolute Gasteiger partial charge is 0.410 e. The fourth-order valence-electron chi connectivity index (χ4n) is 6.28. The van der Waals surface area contributed by atoms with E-state index in [0.29, 0.717) is 11.6 Å². The molecular weight excluding hydrogens is 495 g/mol. The van der Waals surface area contributed by atoms with Gasteiger partial charge < -0.3 is 9.64 Å². The lowest BCUT2D eigenvalue weighted by atomic mass is 9.57. The van der Waals surface area contributed by atoms with Gasteiger partial charge in [0, 0.05) is 29.4 Å². The molecule has 2 aliphatic carbocycles. The molecule has 1 spiro atoms. The summed E-state index contributed by atoms with van der Waals surface area (Å²) in [7, 11) is 0. The fourth-order valence-corrected chi connectivity index (χ4v) is 6.47. The Hall–Kier alpha value is -3.20. The van der Waals surface area contributed by atoms with E-state index < -0.39 is 0 Å². The summed E-state index contributed by atoms with van der Waals surface area (Å²) >= 11 is 6.38. The van der Waals surface area contributed by atoms with Crippen LogP contribution in [0.1, 0.15) is 68.2 Å². The molecule has 0 N–H and O–H groups in total. The third-order valence-electron chi connectivity index (χ3n) is 8.54. The molecule has 8 nitrogen and oxygen atoms in total. The number of fused-ring (bicyclic) bond motifs is 3. The Balaban J connectivity index is 1.15. The van der Waals surface area contributed by atoms with Crippen molar-refractivity contribution in [3.05, 3.63) is 64.6 Å². The van der Waals surface area contributed by atoms with Gasteiger partial charge in [-0.1, -0.05) is 11.6 Å². The number of amides is 1. The molecule has 192 valence electrons. The van der Waals surface area contributed by atoms with E-state index >= 15 is 0 Å². The number of hydrogen-bond donors (Lipinski definition) is 0. The molecule has 0 radical (unpaired) electrons. The first-order chi connectivity index (χ1) is 17.9. The molecule has 4 aliphatic rings. The van der Waals surface area contributed by atoms with Crippen molar-refractivity contribution < 1.29 is 13.9 Å². The van der Waals surface area contributed by atoms with Gasteiger partial charge in [-0.15, -0.1) is 10.2 Å². The van der Waals surface area contributed by atoms with Crippen LogP contribution in [0, 0.1) is 11.2 Å². The van der Waals surface area contributed by atoms with Gasteiger partial charge in [0.15, 0.2) is 5.82 Å². The van der Waals surface area contributed by atoms with E-state index in [1.54, 1.807) is 11.0 Å². The second-order valence-corrected chi connectivity index (χ2v) is 11.5. The van der Waals surface area contributed by atoms with Crippen molar-refractivity contribution in [2.45, 2.75) is 63.6 Å². The monoisotopic (exact) mass is 522 g/mol. The summed E-state index contributed by atoms with van der Waals surface area (Å²) in [5.41, 5.74) is 2.15. The lowest BCUT2D eigenvalue weighted by Gasteiger charge is -2.59. The standard InChI is InChI=1S/C27H28ClFN6O2/c1-16-24-31-32-25(18-10-27(11-18)14-33(15-27)23-8-6-20(29)12-30-23)35(24)22-7-5-19(28)9-17(22)13-34(16)26(36)37-21-3-2-4-21/h5-9,12,16,18,21H,2-4,10-11,13-15H2,1H3. The zero-order chi connectivity index (χ0) is 25.3. The van der Waals surface area contributed by atoms with Crippen LogP contribution in [-0.2, 0) is 11.3 Å². The number of ether oxygens (including phenoxy) is 1. The Morgan fingerprint density at radius 1 is 1.14 bits per heavy atom. The van der Waals surface area contributed by atoms with Gasteiger partial charge >= 0.3 is 6.09 Å². The molecule has 2 saturated carbocycles. The van der Waals surface area contributed by atoms with E-state index in [1.165, 1.54) is 12.3 Å². The first kappa shape index (κ1) is 23.0. The molecule has 3 fully saturated rings. The predicted octanol–water partition coefficient (Wildman–Crippen LogP) is 5.40. The summed E-state index contributed by atoms with van der Waals surface area (Å²) in [4.78, 5) is 21.3. The number of aromatic nitrogens is 4. The summed E-state index contributed by atoms with van der Waals surface area (Å²) in [6, 6.07) is 8.70. The highest BCUT2D eigenvalue weighted by Crippen LogP contribution is 2.56. The average Bonchev–Trinajstić information content (AvgIpc) is 3.18. The molecule has 0 bridgehead atoms. The van der Waals surface area contributed by atoms with Crippen LogP contribution in [-0.4, -0.2) is 49.9 Å². The van der Waals surface area contributed by atoms with Gasteiger partial charge in [0.05, 0.1) is 24.5 Å². The van der Waals surface area contributed by atoms with Gasteiger partial charge in [-0.3, -0.25) is 9.47 Å². The van der Waals surface area contributed by atoms with E-state index in [4.69, 9.17) is 16.3 Å². The highest BCUT2D eigenvalue weighted by atomic mass is 35.5. The minimum Gasteiger partial charge on any atom is -0.446 e. The SMILES string of the molecule is CC1c2nnc(C3CC4(C3)CN(c3ccc(F)cn3)C4)n2-c2ccc(Cl)cc2CN1C(=O)OC1CCC1. The number of carbonyl (C=O) groups is 1. The maximum Gasteiger partial charge on any atom is 0.410 e. The molecule has 4 heterocycles. The molecule has 1 amide bonds. The number of rotatable bonds is 3. The molecule has 3 aromatic rings. The quantitative estimate of drug-likeness (QED) is 0.458. The third-order valence-corrected chi connectivity index (χ3v) is 8.78. The Labute approximate surface area is 219 Å². The van der Waals surface area contributed by atoms with Crippen molar-refractivity contribution >= 4 is 23.5 Å². The van der Waals surface area contributed by atoms with Gasteiger partial charge in [-0.05, 0) is 74.9 Å². The van der Waals surface area contributed by atoms with Gasteiger partial charge in [0.2, 0.25) is 0 Å². The normalized spacial score (nSPS) is 22.4. The first-order valence-corrected chi connectivity index (χ1v) is 13.3. The number of carbonyl (C=O) groups excluding carboxylic acids is 1. The van der Waals surface area contributed by atoms with E-state index in [-0.39, 0.29) is 35.4 Å². The van der Waals surface area contributed by atoms with Crippen molar-refractivity contribution in [2.24, 2.45) is 5.41 Å². The molecule has 1 unspecified atom stereocenters. The summed E-state index contributed by atoms with van der Waals surface area (Å²) in [5, 5.41) is 9.89. The summed E-state index contributed by atoms with van der Waals surface area (Å²) in [5.74, 6) is 2.45. The van der Waals surface area contributed by atoms with Crippen molar-refractivity contribution in [3.8, 4) is 5.69 Å². The second-order valence-electron chi connectivity index (χ2n) is 11.1. The Morgan fingerprint density at radius 2 is 1.92 bits per heavy atom. The van der Waals surface area contributed by atoms with Crippen LogP contribution < -0.4 is 4.90 Å². The molecule has 2 aromatic heterocycles. The molecule has 10 heteroatoms. The van der Waals surface area contributed by atoms with Crippen LogP contribution in [0.3, 0.4) is 0 Å². The lowest BCUT2D eigenvalue weighted by molar-refractivity contribution is 0.0172. The van der Waals surface area contributed by atoms with Gasteiger partial charge in [-0.25, -0.2) is 14.2 Å². The van der Waals surface area contributed by atoms with E-state index in [2.05, 4.69) is 24.6 Å². The summed E-state index contributed by atoms with van der Waals surface area (Å²) < 4.78 is 21.2. The number of pyridine rings is 1. The molecule has 37 heavy (non-hydrogen) atoms. The Bertz CT molecular complexity index is 1360. The van der Waals surface area contributed by atoms with E-state index in [0.717, 1.165) is 73.9 Å². The average molecular weight is 523 g/mol. The fraction of sp³-hybridized carbons (Fsp3) is 0.481. The summed E-state index contributed by atoms with van der Waals surface area (Å²) in [6.07, 6.45) is 5.93. The topological polar surface area (TPSA) is 76.4 Å². The highest BCUT2D eigenvalue weighted by molar-refractivity contribution is 6.30. The van der Waals surface area contributed by atoms with Crippen LogP contribution in [0.15, 0.2) is 36.5 Å². The number of hydrogen-bond acceptors (Lipinski definition) is 6. The maximum atomic E-state index is 13.2. The van der Waals surface area contributed by atoms with E-state index in [1.807, 2.05) is 25.1 Å². The molecule has 1 aromatic carbocycles. The zero-order valence-corrected chi connectivity index (χ0v) is 21.4. The third kappa shape index (κ3) is 3.77. The highest BCUT2D eigenvalue weighted by Gasteiger charge is 2.54. The van der Waals surface area contributed by atoms with Crippen LogP contribution in [0.2, 0.25) is 5.02 Å². The van der Waals surface area contributed by atoms with Crippen LogP contribution >= 0.6 is 11.6 Å². The molecule has 7 rings (SSSR count). The van der Waals surface area contributed by atoms with Crippen LogP contribution in [0.4, 0.5) is 15.0 Å². The second kappa shape index (κ2) is 8.41. The molecule has 2 aliphatic heterocycles. The largest absolute Gasteiger partial charge is 0.446 e. The summed E-state index contributed by atoms with van der Waals surface area (Å²) in [6.45, 7) is 4.21.